The van der Waals surface area contributed by atoms with Crippen molar-refractivity contribution in [1.29, 1.82) is 0 Å². The van der Waals surface area contributed by atoms with Gasteiger partial charge in [-0.25, -0.2) is 0 Å². The van der Waals surface area contributed by atoms with Crippen molar-refractivity contribution < 1.29 is 5.11 Å². The Morgan fingerprint density at radius 1 is 1.58 bits per heavy atom. The van der Waals surface area contributed by atoms with E-state index < -0.39 is 0 Å². The van der Waals surface area contributed by atoms with Crippen LogP contribution in [0.1, 0.15) is 23.8 Å². The second-order valence-corrected chi connectivity index (χ2v) is 5.36. The molecule has 0 aliphatic heterocycles. The summed E-state index contributed by atoms with van der Waals surface area (Å²) in [5.74, 6) is 0.615. The zero-order valence-electron chi connectivity index (χ0n) is 6.46. The summed E-state index contributed by atoms with van der Waals surface area (Å²) in [7, 11) is 0. The molecule has 0 aliphatic rings. The van der Waals surface area contributed by atoms with Crippen LogP contribution in [0.5, 0.6) is 0 Å². The molecule has 1 N–H and O–H groups in total. The molecule has 1 heterocycles. The molecule has 68 valence electrons. The third kappa shape index (κ3) is 3.05. The molecule has 1 nitrogen and oxygen atoms in total. The number of halogens is 2. The van der Waals surface area contributed by atoms with Gasteiger partial charge in [-0.2, -0.15) is 0 Å². The van der Waals surface area contributed by atoms with E-state index in [0.29, 0.717) is 5.88 Å². The minimum absolute atomic E-state index is 0.347. The molecule has 4 heteroatoms. The number of rotatable bonds is 4. The smallest absolute Gasteiger partial charge is 0.0882 e. The van der Waals surface area contributed by atoms with Gasteiger partial charge in [-0.15, -0.1) is 22.9 Å². The lowest BCUT2D eigenvalue weighted by Crippen LogP contribution is -1.94. The fraction of sp³-hybridized carbons (Fsp3) is 0.500. The zero-order chi connectivity index (χ0) is 8.97. The number of thiophene rings is 1. The van der Waals surface area contributed by atoms with Gasteiger partial charge in [-0.1, -0.05) is 0 Å². The van der Waals surface area contributed by atoms with Gasteiger partial charge in [-0.3, -0.25) is 0 Å². The van der Waals surface area contributed by atoms with Gasteiger partial charge in [-0.05, 0) is 40.9 Å². The van der Waals surface area contributed by atoms with Crippen molar-refractivity contribution in [2.75, 3.05) is 5.88 Å². The predicted octanol–water partition coefficient (Wildman–Crippen LogP) is 3.56. The second kappa shape index (κ2) is 5.22. The molecule has 1 unspecified atom stereocenters. The fourth-order valence-corrected chi connectivity index (χ4v) is 2.52. The molecular weight excluding hydrogens is 260 g/mol. The molecule has 0 saturated carbocycles. The molecule has 1 aromatic heterocycles. The summed E-state index contributed by atoms with van der Waals surface area (Å²) in [6.45, 7) is 0. The van der Waals surface area contributed by atoms with Crippen molar-refractivity contribution in [3.8, 4) is 0 Å². The summed E-state index contributed by atoms with van der Waals surface area (Å²) >= 11 is 10.4. The number of aliphatic hydroxyl groups is 1. The molecule has 0 aliphatic carbocycles. The summed E-state index contributed by atoms with van der Waals surface area (Å²) in [5.41, 5.74) is 0. The monoisotopic (exact) mass is 268 g/mol. The number of alkyl halides is 1. The van der Waals surface area contributed by atoms with Gasteiger partial charge in [0.15, 0.2) is 0 Å². The lowest BCUT2D eigenvalue weighted by atomic mass is 10.2. The normalized spacial score (nSPS) is 13.2. The lowest BCUT2D eigenvalue weighted by Gasteiger charge is -2.05. The highest BCUT2D eigenvalue weighted by molar-refractivity contribution is 9.11. The predicted molar refractivity (Wildman–Crippen MR) is 56.9 cm³/mol. The highest BCUT2D eigenvalue weighted by atomic mass is 79.9. The van der Waals surface area contributed by atoms with Crippen LogP contribution in [-0.4, -0.2) is 11.0 Å². The molecular formula is C8H10BrClOS. The SMILES string of the molecule is OC(CCCCl)c1ccc(Br)s1. The van der Waals surface area contributed by atoms with Gasteiger partial charge in [0.2, 0.25) is 0 Å². The Labute approximate surface area is 89.5 Å². The Hall–Kier alpha value is 0.430. The molecule has 1 atom stereocenters. The largest absolute Gasteiger partial charge is 0.388 e. The molecule has 12 heavy (non-hydrogen) atoms. The lowest BCUT2D eigenvalue weighted by molar-refractivity contribution is 0.170. The van der Waals surface area contributed by atoms with Crippen molar-refractivity contribution in [1.82, 2.24) is 0 Å². The standard InChI is InChI=1S/C8H10BrClOS/c9-8-4-3-7(12-8)6(11)2-1-5-10/h3-4,6,11H,1-2,5H2. The molecule has 0 saturated heterocycles. The van der Waals surface area contributed by atoms with Crippen LogP contribution in [0.25, 0.3) is 0 Å². The summed E-state index contributed by atoms with van der Waals surface area (Å²) in [5, 5.41) is 9.60. The van der Waals surface area contributed by atoms with Crippen molar-refractivity contribution in [3.05, 3.63) is 20.8 Å². The van der Waals surface area contributed by atoms with E-state index in [2.05, 4.69) is 15.9 Å². The number of hydrogen-bond donors (Lipinski definition) is 1. The highest BCUT2D eigenvalue weighted by Crippen LogP contribution is 2.29. The van der Waals surface area contributed by atoms with Crippen LogP contribution in [0.3, 0.4) is 0 Å². The van der Waals surface area contributed by atoms with Gasteiger partial charge in [0, 0.05) is 10.8 Å². The first-order chi connectivity index (χ1) is 5.74. The molecule has 0 fully saturated rings. The molecule has 0 bridgehead atoms. The van der Waals surface area contributed by atoms with E-state index in [9.17, 15) is 5.11 Å². The maximum Gasteiger partial charge on any atom is 0.0882 e. The van der Waals surface area contributed by atoms with Crippen molar-refractivity contribution >= 4 is 38.9 Å². The molecule has 0 aromatic carbocycles. The van der Waals surface area contributed by atoms with E-state index in [4.69, 9.17) is 11.6 Å². The van der Waals surface area contributed by atoms with E-state index in [-0.39, 0.29) is 6.10 Å². The van der Waals surface area contributed by atoms with E-state index in [1.165, 1.54) is 0 Å². The summed E-state index contributed by atoms with van der Waals surface area (Å²) in [6, 6.07) is 3.89. The number of aliphatic hydroxyl groups excluding tert-OH is 1. The molecule has 1 aromatic rings. The van der Waals surface area contributed by atoms with Crippen LogP contribution in [0, 0.1) is 0 Å². The first-order valence-corrected chi connectivity index (χ1v) is 5.87. The number of hydrogen-bond acceptors (Lipinski definition) is 2. The van der Waals surface area contributed by atoms with Crippen LogP contribution in [0.2, 0.25) is 0 Å². The zero-order valence-corrected chi connectivity index (χ0v) is 9.62. The van der Waals surface area contributed by atoms with Crippen molar-refractivity contribution in [2.24, 2.45) is 0 Å². The fourth-order valence-electron chi connectivity index (χ4n) is 0.920. The first kappa shape index (κ1) is 10.5. The Kier molecular flexibility index (Phi) is 4.57. The van der Waals surface area contributed by atoms with Gasteiger partial charge >= 0.3 is 0 Å². The Bertz CT molecular complexity index is 239. The minimum Gasteiger partial charge on any atom is -0.388 e. The molecule has 0 amide bonds. The molecule has 1 rings (SSSR count). The van der Waals surface area contributed by atoms with E-state index in [0.717, 1.165) is 21.5 Å². The Morgan fingerprint density at radius 3 is 2.83 bits per heavy atom. The van der Waals surface area contributed by atoms with Gasteiger partial charge in [0.25, 0.3) is 0 Å². The van der Waals surface area contributed by atoms with Gasteiger partial charge in [0.05, 0.1) is 9.89 Å². The first-order valence-electron chi connectivity index (χ1n) is 3.73. The van der Waals surface area contributed by atoms with Crippen LogP contribution in [0.15, 0.2) is 15.9 Å². The Morgan fingerprint density at radius 2 is 2.33 bits per heavy atom. The molecule has 0 spiro atoms. The average Bonchev–Trinajstić information content (AvgIpc) is 2.47. The van der Waals surface area contributed by atoms with Crippen molar-refractivity contribution in [3.63, 3.8) is 0 Å². The third-order valence-electron chi connectivity index (χ3n) is 1.53. The average molecular weight is 270 g/mol. The quantitative estimate of drug-likeness (QED) is 0.829. The van der Waals surface area contributed by atoms with Crippen LogP contribution in [-0.2, 0) is 0 Å². The maximum atomic E-state index is 9.60. The Balaban J connectivity index is 2.47. The summed E-state index contributed by atoms with van der Waals surface area (Å²) < 4.78 is 1.06. The molecule has 0 radical (unpaired) electrons. The van der Waals surface area contributed by atoms with E-state index >= 15 is 0 Å². The van der Waals surface area contributed by atoms with Gasteiger partial charge in [0.1, 0.15) is 0 Å². The maximum absolute atomic E-state index is 9.60. The highest BCUT2D eigenvalue weighted by Gasteiger charge is 2.08. The van der Waals surface area contributed by atoms with Crippen LogP contribution in [0.4, 0.5) is 0 Å². The van der Waals surface area contributed by atoms with Gasteiger partial charge < -0.3 is 5.11 Å². The summed E-state index contributed by atoms with van der Waals surface area (Å²) in [6.07, 6.45) is 1.26. The van der Waals surface area contributed by atoms with Crippen molar-refractivity contribution in [2.45, 2.75) is 18.9 Å². The van der Waals surface area contributed by atoms with E-state index in [1.807, 2.05) is 12.1 Å². The van der Waals surface area contributed by atoms with Crippen LogP contribution < -0.4 is 0 Å². The van der Waals surface area contributed by atoms with E-state index in [1.54, 1.807) is 11.3 Å². The van der Waals surface area contributed by atoms with Crippen LogP contribution >= 0.6 is 38.9 Å². The summed E-state index contributed by atoms with van der Waals surface area (Å²) in [4.78, 5) is 1.01. The minimum atomic E-state index is -0.347. The topological polar surface area (TPSA) is 20.2 Å². The second-order valence-electron chi connectivity index (χ2n) is 2.49. The third-order valence-corrected chi connectivity index (χ3v) is 3.53.